The van der Waals surface area contributed by atoms with E-state index in [2.05, 4.69) is 22.1 Å². The summed E-state index contributed by atoms with van der Waals surface area (Å²) in [4.78, 5) is 45.9. The summed E-state index contributed by atoms with van der Waals surface area (Å²) in [5.74, 6) is -1.61. The molecule has 0 aromatic carbocycles. The van der Waals surface area contributed by atoms with Crippen molar-refractivity contribution >= 4 is 17.9 Å². The third-order valence-electron chi connectivity index (χ3n) is 6.49. The third kappa shape index (κ3) is 6.87. The van der Waals surface area contributed by atoms with Crippen molar-refractivity contribution in [1.82, 2.24) is 9.97 Å². The summed E-state index contributed by atoms with van der Waals surface area (Å²) in [7, 11) is 0. The average Bonchev–Trinajstić information content (AvgIpc) is 3.29. The standard InChI is InChI=1S/C28H30N2O6/c1-19-5-3-2-4-6-22-17-23(35-27(32)20-9-13-29-14-10-20)18-24(22)25(7-8-26(31)34-19)36-28(33)21-11-15-30-16-12-21/h4,6-16,19,22-25H,2-3,5,17-18H2,1H3/b6-4+,8-7+/t19-,22+,23-,24+,25+/m0/s1. The second kappa shape index (κ2) is 12.2. The molecule has 3 heterocycles. The monoisotopic (exact) mass is 490 g/mol. The summed E-state index contributed by atoms with van der Waals surface area (Å²) in [6.45, 7) is 1.87. The van der Waals surface area contributed by atoms with E-state index < -0.39 is 24.0 Å². The van der Waals surface area contributed by atoms with Crippen molar-refractivity contribution in [3.63, 3.8) is 0 Å². The molecule has 0 unspecified atom stereocenters. The molecule has 4 rings (SSSR count). The van der Waals surface area contributed by atoms with Gasteiger partial charge in [0.15, 0.2) is 0 Å². The number of allylic oxidation sites excluding steroid dienone is 2. The molecule has 0 saturated heterocycles. The Morgan fingerprint density at radius 3 is 2.22 bits per heavy atom. The lowest BCUT2D eigenvalue weighted by Crippen LogP contribution is -2.28. The van der Waals surface area contributed by atoms with Crippen molar-refractivity contribution in [1.29, 1.82) is 0 Å². The predicted octanol–water partition coefficient (Wildman–Crippen LogP) is 4.48. The van der Waals surface area contributed by atoms with Crippen LogP contribution in [0.5, 0.6) is 0 Å². The van der Waals surface area contributed by atoms with Crippen LogP contribution < -0.4 is 0 Å². The van der Waals surface area contributed by atoms with Gasteiger partial charge in [0.05, 0.1) is 17.2 Å². The van der Waals surface area contributed by atoms with E-state index in [0.717, 1.165) is 19.3 Å². The van der Waals surface area contributed by atoms with Crippen LogP contribution in [0, 0.1) is 11.8 Å². The molecule has 1 fully saturated rings. The maximum absolute atomic E-state index is 12.9. The Morgan fingerprint density at radius 1 is 0.917 bits per heavy atom. The number of aromatic nitrogens is 2. The minimum atomic E-state index is -0.714. The highest BCUT2D eigenvalue weighted by molar-refractivity contribution is 5.90. The topological polar surface area (TPSA) is 105 Å². The molecule has 36 heavy (non-hydrogen) atoms. The number of carbonyl (C=O) groups is 3. The molecule has 2 aromatic rings. The summed E-state index contributed by atoms with van der Waals surface area (Å²) in [5.41, 5.74) is 0.795. The van der Waals surface area contributed by atoms with Crippen LogP contribution in [0.3, 0.4) is 0 Å². The van der Waals surface area contributed by atoms with E-state index in [1.54, 1.807) is 42.7 Å². The smallest absolute Gasteiger partial charge is 0.338 e. The van der Waals surface area contributed by atoms with E-state index in [-0.39, 0.29) is 24.0 Å². The minimum Gasteiger partial charge on any atom is -0.460 e. The van der Waals surface area contributed by atoms with E-state index in [4.69, 9.17) is 14.2 Å². The van der Waals surface area contributed by atoms with Crippen LogP contribution in [-0.4, -0.2) is 46.2 Å². The van der Waals surface area contributed by atoms with Crippen LogP contribution in [0.4, 0.5) is 0 Å². The largest absolute Gasteiger partial charge is 0.460 e. The second-order valence-electron chi connectivity index (χ2n) is 9.13. The Labute approximate surface area is 210 Å². The molecular formula is C28H30N2O6. The van der Waals surface area contributed by atoms with Crippen LogP contribution in [0.2, 0.25) is 0 Å². The SMILES string of the molecule is C[C@H]1CCC/C=C/[C@@H]2C[C@H](OC(=O)c3ccncc3)C[C@H]2[C@H](OC(=O)c2ccncc2)/C=C/C(=O)O1. The maximum atomic E-state index is 12.9. The summed E-state index contributed by atoms with van der Waals surface area (Å²) >= 11 is 0. The van der Waals surface area contributed by atoms with Crippen LogP contribution in [0.15, 0.2) is 73.4 Å². The molecule has 188 valence electrons. The zero-order chi connectivity index (χ0) is 25.3. The molecular weight excluding hydrogens is 460 g/mol. The molecule has 0 amide bonds. The zero-order valence-electron chi connectivity index (χ0n) is 20.2. The van der Waals surface area contributed by atoms with Gasteiger partial charge >= 0.3 is 17.9 Å². The molecule has 0 radical (unpaired) electrons. The van der Waals surface area contributed by atoms with E-state index in [1.165, 1.54) is 18.5 Å². The predicted molar refractivity (Wildman–Crippen MR) is 131 cm³/mol. The van der Waals surface area contributed by atoms with Crippen molar-refractivity contribution in [3.05, 3.63) is 84.5 Å². The molecule has 2 aromatic heterocycles. The Balaban J connectivity index is 1.57. The number of pyridine rings is 2. The van der Waals surface area contributed by atoms with Gasteiger partial charge in [-0.25, -0.2) is 14.4 Å². The molecule has 5 atom stereocenters. The van der Waals surface area contributed by atoms with Gasteiger partial charge in [0, 0.05) is 36.8 Å². The first-order chi connectivity index (χ1) is 17.5. The quantitative estimate of drug-likeness (QED) is 0.351. The van der Waals surface area contributed by atoms with Gasteiger partial charge in [-0.3, -0.25) is 9.97 Å². The van der Waals surface area contributed by atoms with Crippen molar-refractivity contribution in [2.24, 2.45) is 11.8 Å². The second-order valence-corrected chi connectivity index (χ2v) is 9.13. The van der Waals surface area contributed by atoms with Crippen molar-refractivity contribution in [3.8, 4) is 0 Å². The number of ether oxygens (including phenoxy) is 3. The summed E-state index contributed by atoms with van der Waals surface area (Å²) in [6.07, 6.45) is 15.5. The molecule has 0 bridgehead atoms. The van der Waals surface area contributed by atoms with Crippen LogP contribution in [0.25, 0.3) is 0 Å². The van der Waals surface area contributed by atoms with Gasteiger partial charge in [-0.05, 0) is 75.3 Å². The number of cyclic esters (lactones) is 1. The highest BCUT2D eigenvalue weighted by Gasteiger charge is 2.40. The number of fused-ring (bicyclic) bond motifs is 1. The first-order valence-corrected chi connectivity index (χ1v) is 12.3. The van der Waals surface area contributed by atoms with Gasteiger partial charge < -0.3 is 14.2 Å². The van der Waals surface area contributed by atoms with E-state index in [1.807, 2.05) is 6.92 Å². The lowest BCUT2D eigenvalue weighted by molar-refractivity contribution is -0.142. The number of nitrogens with zero attached hydrogens (tertiary/aromatic N) is 2. The molecule has 8 nitrogen and oxygen atoms in total. The Morgan fingerprint density at radius 2 is 1.56 bits per heavy atom. The molecule has 1 aliphatic heterocycles. The van der Waals surface area contributed by atoms with Gasteiger partial charge in [-0.15, -0.1) is 0 Å². The first kappa shape index (κ1) is 25.3. The third-order valence-corrected chi connectivity index (χ3v) is 6.49. The molecule has 1 aliphatic carbocycles. The summed E-state index contributed by atoms with van der Waals surface area (Å²) < 4.78 is 17.2. The fourth-order valence-corrected chi connectivity index (χ4v) is 4.67. The van der Waals surface area contributed by atoms with Crippen LogP contribution in [0.1, 0.15) is 59.7 Å². The molecule has 1 saturated carbocycles. The van der Waals surface area contributed by atoms with Gasteiger partial charge in [-0.1, -0.05) is 12.2 Å². The normalized spacial score (nSPS) is 28.2. The van der Waals surface area contributed by atoms with E-state index in [9.17, 15) is 14.4 Å². The lowest BCUT2D eigenvalue weighted by Gasteiger charge is -2.24. The minimum absolute atomic E-state index is 0.00525. The van der Waals surface area contributed by atoms with Gasteiger partial charge in [0.25, 0.3) is 0 Å². The molecule has 2 aliphatic rings. The zero-order valence-corrected chi connectivity index (χ0v) is 20.2. The number of hydrogen-bond donors (Lipinski definition) is 0. The maximum Gasteiger partial charge on any atom is 0.338 e. The fraction of sp³-hybridized carbons (Fsp3) is 0.393. The van der Waals surface area contributed by atoms with Crippen LogP contribution in [-0.2, 0) is 19.0 Å². The van der Waals surface area contributed by atoms with Crippen molar-refractivity contribution < 1.29 is 28.6 Å². The van der Waals surface area contributed by atoms with E-state index >= 15 is 0 Å². The Bertz CT molecular complexity index is 1100. The highest BCUT2D eigenvalue weighted by Crippen LogP contribution is 2.39. The molecule has 0 N–H and O–H groups in total. The number of carbonyl (C=O) groups excluding carboxylic acids is 3. The Kier molecular flexibility index (Phi) is 8.60. The van der Waals surface area contributed by atoms with Gasteiger partial charge in [-0.2, -0.15) is 0 Å². The fourth-order valence-electron chi connectivity index (χ4n) is 4.67. The number of rotatable bonds is 4. The highest BCUT2D eigenvalue weighted by atomic mass is 16.6. The summed E-state index contributed by atoms with van der Waals surface area (Å²) in [6, 6.07) is 6.37. The van der Waals surface area contributed by atoms with Crippen LogP contribution >= 0.6 is 0 Å². The van der Waals surface area contributed by atoms with Crippen molar-refractivity contribution in [2.75, 3.05) is 0 Å². The molecule has 0 spiro atoms. The number of hydrogen-bond acceptors (Lipinski definition) is 8. The van der Waals surface area contributed by atoms with E-state index in [0.29, 0.717) is 24.0 Å². The van der Waals surface area contributed by atoms with Gasteiger partial charge in [0.1, 0.15) is 12.2 Å². The summed E-state index contributed by atoms with van der Waals surface area (Å²) in [5, 5.41) is 0. The Hall–Kier alpha value is -3.81. The molecule has 8 heteroatoms. The lowest BCUT2D eigenvalue weighted by atomic mass is 9.89. The van der Waals surface area contributed by atoms with Gasteiger partial charge in [0.2, 0.25) is 0 Å². The van der Waals surface area contributed by atoms with Crippen molar-refractivity contribution in [2.45, 2.75) is 57.3 Å². The average molecular weight is 491 g/mol. The first-order valence-electron chi connectivity index (χ1n) is 12.3. The number of esters is 3.